The van der Waals surface area contributed by atoms with E-state index in [-0.39, 0.29) is 23.9 Å². The number of thioether (sulfide) groups is 1. The van der Waals surface area contributed by atoms with Crippen molar-refractivity contribution in [1.29, 1.82) is 0 Å². The first kappa shape index (κ1) is 15.1. The number of rotatable bonds is 1. The maximum absolute atomic E-state index is 12.1. The van der Waals surface area contributed by atoms with Crippen molar-refractivity contribution in [2.24, 2.45) is 4.99 Å². The van der Waals surface area contributed by atoms with E-state index in [1.807, 2.05) is 13.8 Å². The molecule has 0 aromatic heterocycles. The molecule has 0 unspecified atom stereocenters. The van der Waals surface area contributed by atoms with Gasteiger partial charge in [-0.15, -0.1) is 0 Å². The Hall–Kier alpha value is -1.79. The van der Waals surface area contributed by atoms with Crippen LogP contribution in [0.3, 0.4) is 0 Å². The van der Waals surface area contributed by atoms with Crippen LogP contribution >= 0.6 is 11.8 Å². The second kappa shape index (κ2) is 6.14. The molecular weight excluding hydrogens is 300 g/mol. The molecule has 0 aliphatic carbocycles. The molecule has 1 saturated heterocycles. The van der Waals surface area contributed by atoms with Gasteiger partial charge in [0.1, 0.15) is 5.75 Å². The van der Waals surface area contributed by atoms with Crippen LogP contribution in [-0.2, 0) is 9.53 Å². The minimum absolute atomic E-state index is 0.132. The lowest BCUT2D eigenvalue weighted by Gasteiger charge is -2.35. The molecule has 0 radical (unpaired) electrons. The van der Waals surface area contributed by atoms with Gasteiger partial charge in [-0.2, -0.15) is 4.99 Å². The summed E-state index contributed by atoms with van der Waals surface area (Å²) in [6.45, 7) is 5.54. The Morgan fingerprint density at radius 3 is 2.55 bits per heavy atom. The van der Waals surface area contributed by atoms with Crippen molar-refractivity contribution in [2.75, 3.05) is 13.1 Å². The van der Waals surface area contributed by atoms with Gasteiger partial charge in [-0.3, -0.25) is 4.79 Å². The number of phenolic OH excluding ortho intramolecular Hbond substituents is 1. The Morgan fingerprint density at radius 1 is 1.27 bits per heavy atom. The van der Waals surface area contributed by atoms with Gasteiger partial charge < -0.3 is 14.7 Å². The van der Waals surface area contributed by atoms with Crippen molar-refractivity contribution in [2.45, 2.75) is 26.1 Å². The largest absolute Gasteiger partial charge is 0.508 e. The summed E-state index contributed by atoms with van der Waals surface area (Å²) in [6, 6.07) is 6.74. The first-order chi connectivity index (χ1) is 10.5. The SMILES string of the molecule is C[C@@H]1CN(C2=NC(=O)C(=Cc3ccc(O)cc3)S2)C[C@H](C)O1. The van der Waals surface area contributed by atoms with Crippen LogP contribution in [0.5, 0.6) is 5.75 Å². The maximum Gasteiger partial charge on any atom is 0.286 e. The first-order valence-corrected chi connectivity index (χ1v) is 8.05. The summed E-state index contributed by atoms with van der Waals surface area (Å²) >= 11 is 1.40. The second-order valence-corrected chi connectivity index (χ2v) is 6.57. The zero-order chi connectivity index (χ0) is 15.7. The van der Waals surface area contributed by atoms with Gasteiger partial charge in [0.2, 0.25) is 0 Å². The van der Waals surface area contributed by atoms with Gasteiger partial charge >= 0.3 is 0 Å². The van der Waals surface area contributed by atoms with Crippen molar-refractivity contribution < 1.29 is 14.6 Å². The molecule has 2 aliphatic heterocycles. The number of nitrogens with zero attached hydrogens (tertiary/aromatic N) is 2. The molecule has 6 heteroatoms. The highest BCUT2D eigenvalue weighted by Gasteiger charge is 2.30. The molecule has 22 heavy (non-hydrogen) atoms. The Kier molecular flexibility index (Phi) is 4.22. The van der Waals surface area contributed by atoms with Crippen molar-refractivity contribution in [1.82, 2.24) is 4.90 Å². The van der Waals surface area contributed by atoms with Crippen LogP contribution < -0.4 is 0 Å². The third kappa shape index (κ3) is 3.34. The van der Waals surface area contributed by atoms with Crippen LogP contribution in [0.1, 0.15) is 19.4 Å². The number of amides is 1. The van der Waals surface area contributed by atoms with Crippen molar-refractivity contribution in [3.8, 4) is 5.75 Å². The summed E-state index contributed by atoms with van der Waals surface area (Å²) in [5.74, 6) is 0.000607. The molecule has 116 valence electrons. The molecule has 2 heterocycles. The molecule has 0 saturated carbocycles. The second-order valence-electron chi connectivity index (χ2n) is 5.56. The zero-order valence-electron chi connectivity index (χ0n) is 12.5. The lowest BCUT2D eigenvalue weighted by Crippen LogP contribution is -2.47. The number of benzene rings is 1. The number of aliphatic imine (C=N–C) groups is 1. The van der Waals surface area contributed by atoms with E-state index in [2.05, 4.69) is 9.89 Å². The maximum atomic E-state index is 12.1. The standard InChI is InChI=1S/C16H18N2O3S/c1-10-8-18(9-11(2)21-10)16-17-15(20)14(22-16)7-12-3-5-13(19)6-4-12/h3-7,10-11,19H,8-9H2,1-2H3/t10-,11+. The fraction of sp³-hybridized carbons (Fsp3) is 0.375. The molecule has 0 spiro atoms. The summed E-state index contributed by atoms with van der Waals surface area (Å²) in [6.07, 6.45) is 2.07. The van der Waals surface area contributed by atoms with Gasteiger partial charge in [0.15, 0.2) is 5.17 Å². The molecule has 2 atom stereocenters. The van der Waals surface area contributed by atoms with Gasteiger partial charge in [0.25, 0.3) is 5.91 Å². The average molecular weight is 318 g/mol. The zero-order valence-corrected chi connectivity index (χ0v) is 13.3. The number of amidine groups is 1. The number of hydrogen-bond acceptors (Lipinski definition) is 5. The summed E-state index contributed by atoms with van der Waals surface area (Å²) in [5.41, 5.74) is 0.869. The molecular formula is C16H18N2O3S. The fourth-order valence-corrected chi connectivity index (χ4v) is 3.52. The molecule has 1 fully saturated rings. The first-order valence-electron chi connectivity index (χ1n) is 7.23. The molecule has 1 N–H and O–H groups in total. The predicted molar refractivity (Wildman–Crippen MR) is 87.7 cm³/mol. The van der Waals surface area contributed by atoms with Crippen molar-refractivity contribution >= 4 is 28.9 Å². The Labute approximate surface area is 133 Å². The minimum Gasteiger partial charge on any atom is -0.508 e. The van der Waals surface area contributed by atoms with Gasteiger partial charge in [-0.05, 0) is 49.4 Å². The molecule has 3 rings (SSSR count). The van der Waals surface area contributed by atoms with Crippen LogP contribution in [-0.4, -0.2) is 46.4 Å². The highest BCUT2D eigenvalue weighted by Crippen LogP contribution is 2.31. The third-order valence-corrected chi connectivity index (χ3v) is 4.53. The summed E-state index contributed by atoms with van der Waals surface area (Å²) < 4.78 is 5.71. The summed E-state index contributed by atoms with van der Waals surface area (Å²) in [7, 11) is 0. The molecule has 1 amide bonds. The van der Waals surface area contributed by atoms with E-state index in [0.29, 0.717) is 4.91 Å². The summed E-state index contributed by atoms with van der Waals surface area (Å²) in [4.78, 5) is 19.0. The minimum atomic E-state index is -0.208. The normalized spacial score (nSPS) is 27.4. The number of aromatic hydroxyl groups is 1. The molecule has 0 bridgehead atoms. The highest BCUT2D eigenvalue weighted by molar-refractivity contribution is 8.18. The van der Waals surface area contributed by atoms with Gasteiger partial charge in [-0.1, -0.05) is 12.1 Å². The predicted octanol–water partition coefficient (Wildman–Crippen LogP) is 2.47. The van der Waals surface area contributed by atoms with Crippen LogP contribution in [0.4, 0.5) is 0 Å². The van der Waals surface area contributed by atoms with Gasteiger partial charge in [0.05, 0.1) is 17.1 Å². The number of carbonyl (C=O) groups excluding carboxylic acids is 1. The topological polar surface area (TPSA) is 62.1 Å². The van der Waals surface area contributed by atoms with Crippen LogP contribution in [0.2, 0.25) is 0 Å². The average Bonchev–Trinajstić information content (AvgIpc) is 2.82. The molecule has 1 aromatic rings. The molecule has 1 aromatic carbocycles. The molecule has 5 nitrogen and oxygen atoms in total. The monoisotopic (exact) mass is 318 g/mol. The Balaban J connectivity index is 1.74. The van der Waals surface area contributed by atoms with E-state index in [1.165, 1.54) is 11.8 Å². The fourth-order valence-electron chi connectivity index (χ4n) is 2.59. The van der Waals surface area contributed by atoms with Gasteiger partial charge in [-0.25, -0.2) is 0 Å². The lowest BCUT2D eigenvalue weighted by molar-refractivity contribution is -0.113. The highest BCUT2D eigenvalue weighted by atomic mass is 32.2. The van der Waals surface area contributed by atoms with Crippen LogP contribution in [0, 0.1) is 0 Å². The number of ether oxygens (including phenoxy) is 1. The van der Waals surface area contributed by atoms with E-state index >= 15 is 0 Å². The van der Waals surface area contributed by atoms with Crippen LogP contribution in [0.25, 0.3) is 6.08 Å². The van der Waals surface area contributed by atoms with E-state index < -0.39 is 0 Å². The quantitative estimate of drug-likeness (QED) is 0.806. The lowest BCUT2D eigenvalue weighted by atomic mass is 10.2. The van der Waals surface area contributed by atoms with E-state index in [0.717, 1.165) is 23.8 Å². The summed E-state index contributed by atoms with van der Waals surface area (Å²) in [5, 5.41) is 10.0. The van der Waals surface area contributed by atoms with Crippen molar-refractivity contribution in [3.63, 3.8) is 0 Å². The van der Waals surface area contributed by atoms with Crippen LogP contribution in [0.15, 0.2) is 34.2 Å². The van der Waals surface area contributed by atoms with E-state index in [1.54, 1.807) is 30.3 Å². The molecule has 2 aliphatic rings. The number of carbonyl (C=O) groups is 1. The number of morpholine rings is 1. The number of hydrogen-bond donors (Lipinski definition) is 1. The van der Waals surface area contributed by atoms with E-state index in [9.17, 15) is 9.90 Å². The van der Waals surface area contributed by atoms with Gasteiger partial charge in [0, 0.05) is 13.1 Å². The smallest absolute Gasteiger partial charge is 0.286 e. The van der Waals surface area contributed by atoms with E-state index in [4.69, 9.17) is 4.74 Å². The third-order valence-electron chi connectivity index (χ3n) is 3.49. The number of phenols is 1. The Bertz CT molecular complexity index is 629. The Morgan fingerprint density at radius 2 is 1.91 bits per heavy atom. The van der Waals surface area contributed by atoms with Crippen molar-refractivity contribution in [3.05, 3.63) is 34.7 Å².